The molecule has 1 heterocycles. The van der Waals surface area contributed by atoms with Crippen LogP contribution in [0, 0.1) is 11.3 Å². The zero-order valence-corrected chi connectivity index (χ0v) is 8.67. The van der Waals surface area contributed by atoms with Crippen molar-refractivity contribution >= 4 is 26.8 Å². The summed E-state index contributed by atoms with van der Waals surface area (Å²) in [7, 11) is 1.94. The van der Waals surface area contributed by atoms with Crippen LogP contribution in [-0.4, -0.2) is 4.57 Å². The number of hydrogen-bond donors (Lipinski definition) is 0. The molecule has 3 heteroatoms. The Hall–Kier alpha value is -1.27. The van der Waals surface area contributed by atoms with Crippen LogP contribution in [-0.2, 0) is 7.05 Å². The van der Waals surface area contributed by atoms with Gasteiger partial charge in [0.2, 0.25) is 0 Å². The van der Waals surface area contributed by atoms with Crippen LogP contribution in [0.15, 0.2) is 28.9 Å². The Balaban J connectivity index is 2.99. The SMILES string of the molecule is Cn1ccc2c(Br)ccc(C#N)c21. The third-order valence-electron chi connectivity index (χ3n) is 2.10. The molecule has 2 rings (SSSR count). The molecule has 2 nitrogen and oxygen atoms in total. The number of hydrogen-bond acceptors (Lipinski definition) is 1. The van der Waals surface area contributed by atoms with E-state index < -0.39 is 0 Å². The van der Waals surface area contributed by atoms with E-state index >= 15 is 0 Å². The van der Waals surface area contributed by atoms with E-state index in [0.29, 0.717) is 5.56 Å². The summed E-state index contributed by atoms with van der Waals surface area (Å²) in [5, 5.41) is 9.98. The molecular weight excluding hydrogens is 228 g/mol. The summed E-state index contributed by atoms with van der Waals surface area (Å²) < 4.78 is 2.99. The van der Waals surface area contributed by atoms with Gasteiger partial charge in [0.25, 0.3) is 0 Å². The molecule has 0 saturated heterocycles. The zero-order valence-electron chi connectivity index (χ0n) is 7.08. The van der Waals surface area contributed by atoms with Crippen molar-refractivity contribution < 1.29 is 0 Å². The quantitative estimate of drug-likeness (QED) is 0.690. The average Bonchev–Trinajstić information content (AvgIpc) is 2.51. The molecule has 0 aliphatic heterocycles. The van der Waals surface area contributed by atoms with E-state index in [1.54, 1.807) is 0 Å². The molecule has 0 amide bonds. The molecule has 0 spiro atoms. The molecule has 0 N–H and O–H groups in total. The highest BCUT2D eigenvalue weighted by Crippen LogP contribution is 2.26. The highest BCUT2D eigenvalue weighted by molar-refractivity contribution is 9.10. The lowest BCUT2D eigenvalue weighted by molar-refractivity contribution is 0.967. The minimum Gasteiger partial charge on any atom is -0.349 e. The number of aromatic nitrogens is 1. The number of nitriles is 1. The lowest BCUT2D eigenvalue weighted by Crippen LogP contribution is -1.87. The second kappa shape index (κ2) is 2.90. The van der Waals surface area contributed by atoms with Crippen LogP contribution in [0.1, 0.15) is 5.56 Å². The summed E-state index contributed by atoms with van der Waals surface area (Å²) >= 11 is 3.45. The molecule has 0 radical (unpaired) electrons. The molecule has 0 aliphatic carbocycles. The largest absolute Gasteiger partial charge is 0.349 e. The molecule has 0 aliphatic rings. The minimum atomic E-state index is 0.714. The van der Waals surface area contributed by atoms with Gasteiger partial charge in [-0.15, -0.1) is 0 Å². The van der Waals surface area contributed by atoms with Crippen LogP contribution >= 0.6 is 15.9 Å². The van der Waals surface area contributed by atoms with Gasteiger partial charge >= 0.3 is 0 Å². The third-order valence-corrected chi connectivity index (χ3v) is 2.79. The van der Waals surface area contributed by atoms with Crippen molar-refractivity contribution in [2.75, 3.05) is 0 Å². The van der Waals surface area contributed by atoms with Gasteiger partial charge in [0.05, 0.1) is 11.1 Å². The summed E-state index contributed by atoms with van der Waals surface area (Å²) in [6, 6.07) is 7.91. The van der Waals surface area contributed by atoms with E-state index in [0.717, 1.165) is 15.4 Å². The molecule has 0 atom stereocenters. The lowest BCUT2D eigenvalue weighted by Gasteiger charge is -1.99. The number of fused-ring (bicyclic) bond motifs is 1. The maximum absolute atomic E-state index is 8.89. The average molecular weight is 235 g/mol. The van der Waals surface area contributed by atoms with Crippen molar-refractivity contribution in [2.45, 2.75) is 0 Å². The third kappa shape index (κ3) is 1.14. The van der Waals surface area contributed by atoms with Crippen molar-refractivity contribution in [2.24, 2.45) is 7.05 Å². The van der Waals surface area contributed by atoms with Gasteiger partial charge in [0.15, 0.2) is 0 Å². The number of benzene rings is 1. The maximum atomic E-state index is 8.89. The number of halogens is 1. The van der Waals surface area contributed by atoms with Gasteiger partial charge in [-0.05, 0) is 18.2 Å². The second-order valence-corrected chi connectivity index (χ2v) is 3.75. The molecule has 2 aromatic rings. The summed E-state index contributed by atoms with van der Waals surface area (Å²) in [5.74, 6) is 0. The predicted octanol–water partition coefficient (Wildman–Crippen LogP) is 2.81. The lowest BCUT2D eigenvalue weighted by atomic mass is 10.1. The maximum Gasteiger partial charge on any atom is 0.101 e. The van der Waals surface area contributed by atoms with Crippen LogP contribution in [0.4, 0.5) is 0 Å². The van der Waals surface area contributed by atoms with Crippen molar-refractivity contribution in [1.82, 2.24) is 4.57 Å². The first-order chi connectivity index (χ1) is 6.24. The first-order valence-corrected chi connectivity index (χ1v) is 4.67. The van der Waals surface area contributed by atoms with Gasteiger partial charge in [-0.2, -0.15) is 5.26 Å². The Bertz CT molecular complexity index is 505. The fourth-order valence-corrected chi connectivity index (χ4v) is 1.93. The van der Waals surface area contributed by atoms with E-state index in [1.165, 1.54) is 0 Å². The number of nitrogens with zero attached hydrogens (tertiary/aromatic N) is 2. The molecule has 64 valence electrons. The highest BCUT2D eigenvalue weighted by Gasteiger charge is 2.06. The second-order valence-electron chi connectivity index (χ2n) is 2.90. The fourth-order valence-electron chi connectivity index (χ4n) is 1.47. The van der Waals surface area contributed by atoms with Crippen molar-refractivity contribution in [3.05, 3.63) is 34.4 Å². The smallest absolute Gasteiger partial charge is 0.101 e. The molecule has 13 heavy (non-hydrogen) atoms. The van der Waals surface area contributed by atoms with Crippen LogP contribution in [0.2, 0.25) is 0 Å². The Morgan fingerprint density at radius 3 is 2.85 bits per heavy atom. The van der Waals surface area contributed by atoms with Gasteiger partial charge in [0, 0.05) is 23.1 Å². The molecule has 1 aromatic heterocycles. The topological polar surface area (TPSA) is 28.7 Å². The van der Waals surface area contributed by atoms with Gasteiger partial charge < -0.3 is 4.57 Å². The Labute approximate surface area is 84.5 Å². The van der Waals surface area contributed by atoms with Crippen molar-refractivity contribution in [3.8, 4) is 6.07 Å². The van der Waals surface area contributed by atoms with Gasteiger partial charge in [-0.1, -0.05) is 15.9 Å². The van der Waals surface area contributed by atoms with Gasteiger partial charge in [0.1, 0.15) is 6.07 Å². The van der Waals surface area contributed by atoms with Gasteiger partial charge in [-0.25, -0.2) is 0 Å². The van der Waals surface area contributed by atoms with E-state index in [9.17, 15) is 0 Å². The standard InChI is InChI=1S/C10H7BrN2/c1-13-5-4-8-9(11)3-2-7(6-12)10(8)13/h2-5H,1H3. The molecule has 0 saturated carbocycles. The Morgan fingerprint density at radius 1 is 1.38 bits per heavy atom. The first kappa shape index (κ1) is 8.33. The van der Waals surface area contributed by atoms with Gasteiger partial charge in [-0.3, -0.25) is 0 Å². The molecular formula is C10H7BrN2. The summed E-state index contributed by atoms with van der Waals surface area (Å²) in [5.41, 5.74) is 1.70. The van der Waals surface area contributed by atoms with Crippen LogP contribution in [0.5, 0.6) is 0 Å². The fraction of sp³-hybridized carbons (Fsp3) is 0.100. The highest BCUT2D eigenvalue weighted by atomic mass is 79.9. The normalized spacial score (nSPS) is 10.2. The molecule has 1 aromatic carbocycles. The van der Waals surface area contributed by atoms with E-state index in [4.69, 9.17) is 5.26 Å². The summed E-state index contributed by atoms with van der Waals surface area (Å²) in [4.78, 5) is 0. The Kier molecular flexibility index (Phi) is 1.86. The predicted molar refractivity (Wildman–Crippen MR) is 55.3 cm³/mol. The zero-order chi connectivity index (χ0) is 9.42. The van der Waals surface area contributed by atoms with Crippen molar-refractivity contribution in [1.29, 1.82) is 5.26 Å². The van der Waals surface area contributed by atoms with E-state index in [1.807, 2.05) is 36.0 Å². The monoisotopic (exact) mass is 234 g/mol. The number of aryl methyl sites for hydroxylation is 1. The van der Waals surface area contributed by atoms with E-state index in [-0.39, 0.29) is 0 Å². The van der Waals surface area contributed by atoms with Crippen LogP contribution in [0.25, 0.3) is 10.9 Å². The number of rotatable bonds is 0. The minimum absolute atomic E-state index is 0.714. The van der Waals surface area contributed by atoms with Crippen molar-refractivity contribution in [3.63, 3.8) is 0 Å². The van der Waals surface area contributed by atoms with E-state index in [2.05, 4.69) is 22.0 Å². The summed E-state index contributed by atoms with van der Waals surface area (Å²) in [6.45, 7) is 0. The molecule has 0 unspecified atom stereocenters. The Morgan fingerprint density at radius 2 is 2.15 bits per heavy atom. The first-order valence-electron chi connectivity index (χ1n) is 3.87. The van der Waals surface area contributed by atoms with Crippen LogP contribution in [0.3, 0.4) is 0 Å². The molecule has 0 bridgehead atoms. The summed E-state index contributed by atoms with van der Waals surface area (Å²) in [6.07, 6.45) is 1.95. The van der Waals surface area contributed by atoms with Crippen LogP contribution < -0.4 is 0 Å². The molecule has 0 fully saturated rings.